The lowest BCUT2D eigenvalue weighted by Crippen LogP contribution is -2.18. The third kappa shape index (κ3) is 4.22. The predicted molar refractivity (Wildman–Crippen MR) is 97.2 cm³/mol. The average molecular weight is 409 g/mol. The SMILES string of the molecule is Cn1nc(-c2ccc(NS(=O)(=O)c3cccc(C(F)(F)F)c3)cc2)ccc1=O. The van der Waals surface area contributed by atoms with Crippen molar-refractivity contribution in [1.29, 1.82) is 0 Å². The van der Waals surface area contributed by atoms with Crippen molar-refractivity contribution in [2.75, 3.05) is 4.72 Å². The van der Waals surface area contributed by atoms with Crippen molar-refractivity contribution >= 4 is 15.7 Å². The van der Waals surface area contributed by atoms with Gasteiger partial charge >= 0.3 is 6.18 Å². The molecule has 0 amide bonds. The topological polar surface area (TPSA) is 81.1 Å². The standard InChI is InChI=1S/C18H14F3N3O3S/c1-24-17(25)10-9-16(22-24)12-5-7-14(8-6-12)23-28(26,27)15-4-2-3-13(11-15)18(19,20)21/h2-11,23H,1H3. The predicted octanol–water partition coefficient (Wildman–Crippen LogP) is 3.27. The molecular weight excluding hydrogens is 395 g/mol. The first-order chi connectivity index (χ1) is 13.1. The number of nitrogens with one attached hydrogen (secondary N) is 1. The maximum atomic E-state index is 12.8. The molecule has 0 saturated heterocycles. The molecule has 0 aliphatic heterocycles. The summed E-state index contributed by atoms with van der Waals surface area (Å²) in [4.78, 5) is 10.9. The van der Waals surface area contributed by atoms with Gasteiger partial charge in [-0.2, -0.15) is 18.3 Å². The second kappa shape index (κ2) is 7.12. The van der Waals surface area contributed by atoms with Gasteiger partial charge in [-0.3, -0.25) is 9.52 Å². The van der Waals surface area contributed by atoms with Crippen LogP contribution in [0.4, 0.5) is 18.9 Å². The van der Waals surface area contributed by atoms with Crippen LogP contribution in [0.2, 0.25) is 0 Å². The van der Waals surface area contributed by atoms with Crippen LogP contribution in [0.5, 0.6) is 0 Å². The van der Waals surface area contributed by atoms with Gasteiger partial charge in [-0.15, -0.1) is 0 Å². The second-order valence-corrected chi connectivity index (χ2v) is 7.57. The summed E-state index contributed by atoms with van der Waals surface area (Å²) in [5.74, 6) is 0. The van der Waals surface area contributed by atoms with E-state index < -0.39 is 26.7 Å². The molecule has 6 nitrogen and oxygen atoms in total. The number of rotatable bonds is 4. The first kappa shape index (κ1) is 19.6. The highest BCUT2D eigenvalue weighted by atomic mass is 32.2. The fourth-order valence-corrected chi connectivity index (χ4v) is 3.52. The number of aromatic nitrogens is 2. The first-order valence-electron chi connectivity index (χ1n) is 7.91. The minimum absolute atomic E-state index is 0.172. The molecule has 0 unspecified atom stereocenters. The summed E-state index contributed by atoms with van der Waals surface area (Å²) in [7, 11) is -2.69. The van der Waals surface area contributed by atoms with Gasteiger partial charge in [0.25, 0.3) is 15.6 Å². The highest BCUT2D eigenvalue weighted by Crippen LogP contribution is 2.31. The molecule has 10 heteroatoms. The molecule has 3 aromatic rings. The third-order valence-electron chi connectivity index (χ3n) is 3.87. The highest BCUT2D eigenvalue weighted by molar-refractivity contribution is 7.92. The minimum atomic E-state index is -4.64. The van der Waals surface area contributed by atoms with E-state index in [0.717, 1.165) is 18.2 Å². The number of alkyl halides is 3. The lowest BCUT2D eigenvalue weighted by molar-refractivity contribution is -0.137. The largest absolute Gasteiger partial charge is 0.416 e. The Balaban J connectivity index is 1.85. The van der Waals surface area contributed by atoms with Gasteiger partial charge in [0, 0.05) is 24.4 Å². The highest BCUT2D eigenvalue weighted by Gasteiger charge is 2.31. The van der Waals surface area contributed by atoms with E-state index in [1.807, 2.05) is 0 Å². The fraction of sp³-hybridized carbons (Fsp3) is 0.111. The second-order valence-electron chi connectivity index (χ2n) is 5.89. The van der Waals surface area contributed by atoms with E-state index >= 15 is 0 Å². The summed E-state index contributed by atoms with van der Waals surface area (Å²) < 4.78 is 66.6. The van der Waals surface area contributed by atoms with E-state index in [-0.39, 0.29) is 11.2 Å². The summed E-state index contributed by atoms with van der Waals surface area (Å²) in [5, 5.41) is 4.09. The van der Waals surface area contributed by atoms with Crippen molar-refractivity contribution in [3.05, 3.63) is 76.6 Å². The Bertz CT molecular complexity index is 1170. The van der Waals surface area contributed by atoms with Gasteiger partial charge in [0.05, 0.1) is 16.2 Å². The van der Waals surface area contributed by atoms with Gasteiger partial charge < -0.3 is 0 Å². The molecule has 3 rings (SSSR count). The number of hydrogen-bond donors (Lipinski definition) is 1. The summed E-state index contributed by atoms with van der Waals surface area (Å²) in [6, 6.07) is 12.4. The van der Waals surface area contributed by atoms with Gasteiger partial charge in [0.15, 0.2) is 0 Å². The van der Waals surface area contributed by atoms with E-state index in [1.165, 1.54) is 36.0 Å². The van der Waals surface area contributed by atoms with E-state index in [2.05, 4.69) is 9.82 Å². The maximum Gasteiger partial charge on any atom is 0.416 e. The van der Waals surface area contributed by atoms with Crippen LogP contribution >= 0.6 is 0 Å². The number of aryl methyl sites for hydroxylation is 1. The molecule has 0 bridgehead atoms. The van der Waals surface area contributed by atoms with E-state index in [9.17, 15) is 26.4 Å². The smallest absolute Gasteiger partial charge is 0.280 e. The summed E-state index contributed by atoms with van der Waals surface area (Å²) in [6.07, 6.45) is -4.64. The van der Waals surface area contributed by atoms with Gasteiger partial charge in [-0.25, -0.2) is 13.1 Å². The van der Waals surface area contributed by atoms with Gasteiger partial charge in [-0.1, -0.05) is 18.2 Å². The molecule has 146 valence electrons. The molecule has 1 heterocycles. The van der Waals surface area contributed by atoms with Gasteiger partial charge in [0.1, 0.15) is 0 Å². The molecule has 0 aliphatic carbocycles. The van der Waals surface area contributed by atoms with Crippen molar-refractivity contribution in [3.8, 4) is 11.3 Å². The molecule has 0 atom stereocenters. The van der Waals surface area contributed by atoms with Crippen LogP contribution in [0, 0.1) is 0 Å². The number of sulfonamides is 1. The van der Waals surface area contributed by atoms with Crippen molar-refractivity contribution in [2.24, 2.45) is 7.05 Å². The van der Waals surface area contributed by atoms with E-state index in [1.54, 1.807) is 12.1 Å². The van der Waals surface area contributed by atoms with Crippen molar-refractivity contribution in [3.63, 3.8) is 0 Å². The Morgan fingerprint density at radius 3 is 2.29 bits per heavy atom. The van der Waals surface area contributed by atoms with Crippen molar-refractivity contribution < 1.29 is 21.6 Å². The first-order valence-corrected chi connectivity index (χ1v) is 9.39. The zero-order valence-corrected chi connectivity index (χ0v) is 15.3. The molecular formula is C18H14F3N3O3S. The summed E-state index contributed by atoms with van der Waals surface area (Å²) >= 11 is 0. The van der Waals surface area contributed by atoms with E-state index in [0.29, 0.717) is 17.3 Å². The molecule has 0 aliphatic rings. The van der Waals surface area contributed by atoms with Crippen LogP contribution in [0.3, 0.4) is 0 Å². The van der Waals surface area contributed by atoms with Gasteiger partial charge in [-0.05, 0) is 36.4 Å². The monoisotopic (exact) mass is 409 g/mol. The zero-order chi connectivity index (χ0) is 20.5. The fourth-order valence-electron chi connectivity index (χ4n) is 2.42. The number of halogens is 3. The molecule has 0 radical (unpaired) electrons. The third-order valence-corrected chi connectivity index (χ3v) is 5.24. The normalized spacial score (nSPS) is 12.0. The summed E-state index contributed by atoms with van der Waals surface area (Å²) in [6.45, 7) is 0. The molecule has 2 aromatic carbocycles. The van der Waals surface area contributed by atoms with Gasteiger partial charge in [0.2, 0.25) is 0 Å². The lowest BCUT2D eigenvalue weighted by atomic mass is 10.1. The molecule has 1 aromatic heterocycles. The number of nitrogens with zero attached hydrogens (tertiary/aromatic N) is 2. The molecule has 0 fully saturated rings. The Hall–Kier alpha value is -3.14. The molecule has 0 spiro atoms. The number of anilines is 1. The van der Waals surface area contributed by atoms with Crippen molar-refractivity contribution in [2.45, 2.75) is 11.1 Å². The average Bonchev–Trinajstić information content (AvgIpc) is 2.64. The zero-order valence-electron chi connectivity index (χ0n) is 14.4. The number of benzene rings is 2. The van der Waals surface area contributed by atoms with Crippen LogP contribution in [0.1, 0.15) is 5.56 Å². The van der Waals surface area contributed by atoms with Crippen molar-refractivity contribution in [1.82, 2.24) is 9.78 Å². The molecule has 0 saturated carbocycles. The van der Waals surface area contributed by atoms with Crippen LogP contribution in [0.25, 0.3) is 11.3 Å². The molecule has 28 heavy (non-hydrogen) atoms. The quantitative estimate of drug-likeness (QED) is 0.717. The Morgan fingerprint density at radius 1 is 1.00 bits per heavy atom. The molecule has 1 N–H and O–H groups in total. The summed E-state index contributed by atoms with van der Waals surface area (Å²) in [5.41, 5.74) is -0.00121. The van der Waals surface area contributed by atoms with Crippen LogP contribution in [0.15, 0.2) is 70.4 Å². The Labute approximate surface area is 158 Å². The maximum absolute atomic E-state index is 12.8. The van der Waals surface area contributed by atoms with Crippen LogP contribution in [-0.4, -0.2) is 18.2 Å². The van der Waals surface area contributed by atoms with Crippen LogP contribution in [-0.2, 0) is 23.2 Å². The minimum Gasteiger partial charge on any atom is -0.280 e. The Kier molecular flexibility index (Phi) is 4.99. The number of hydrogen-bond acceptors (Lipinski definition) is 4. The lowest BCUT2D eigenvalue weighted by Gasteiger charge is -2.11. The van der Waals surface area contributed by atoms with E-state index in [4.69, 9.17) is 0 Å². The Morgan fingerprint density at radius 2 is 1.68 bits per heavy atom. The van der Waals surface area contributed by atoms with Crippen LogP contribution < -0.4 is 10.3 Å².